The highest BCUT2D eigenvalue weighted by atomic mass is 79.9. The van der Waals surface area contributed by atoms with Crippen molar-refractivity contribution in [1.29, 1.82) is 0 Å². The summed E-state index contributed by atoms with van der Waals surface area (Å²) in [5, 5.41) is 10.2. The number of fused-ring (bicyclic) bond motifs is 1. The van der Waals surface area contributed by atoms with Crippen LogP contribution in [0.3, 0.4) is 0 Å². The van der Waals surface area contributed by atoms with Gasteiger partial charge in [-0.3, -0.25) is 9.59 Å². The summed E-state index contributed by atoms with van der Waals surface area (Å²) in [6.45, 7) is -0.338. The molecule has 2 rings (SSSR count). The first-order chi connectivity index (χ1) is 10.8. The molecule has 5 nitrogen and oxygen atoms in total. The van der Waals surface area contributed by atoms with Gasteiger partial charge >= 0.3 is 5.97 Å². The van der Waals surface area contributed by atoms with Crippen LogP contribution in [0.4, 0.5) is 4.79 Å². The van der Waals surface area contributed by atoms with Crippen LogP contribution < -0.4 is 4.74 Å². The Balaban J connectivity index is 2.43. The third-order valence-corrected chi connectivity index (χ3v) is 5.38. The number of likely N-dealkylation sites (N-methyl/N-ethyl adjacent to an activating group) is 1. The van der Waals surface area contributed by atoms with Crippen LogP contribution in [-0.4, -0.2) is 41.9 Å². The Morgan fingerprint density at radius 3 is 2.57 bits per heavy atom. The van der Waals surface area contributed by atoms with E-state index in [1.807, 2.05) is 24.3 Å². The van der Waals surface area contributed by atoms with Crippen LogP contribution in [0, 0.1) is 0 Å². The highest BCUT2D eigenvalue weighted by Crippen LogP contribution is 2.39. The normalized spacial score (nSPS) is 10.6. The lowest BCUT2D eigenvalue weighted by molar-refractivity contribution is -0.137. The standard InChI is InChI=1S/C15H13Br2NO4S/c1-18(7-13(19)20)15(21)23-12-6-8(16)5-10-9(12)3-4-11(22-2)14(10)17/h3-6H,7H2,1-2H3,(H,19,20). The van der Waals surface area contributed by atoms with Crippen molar-refractivity contribution in [2.24, 2.45) is 0 Å². The van der Waals surface area contributed by atoms with Crippen LogP contribution in [0.15, 0.2) is 38.1 Å². The van der Waals surface area contributed by atoms with Gasteiger partial charge in [0.1, 0.15) is 12.3 Å². The molecule has 0 fully saturated rings. The number of carbonyl (C=O) groups excluding carboxylic acids is 1. The zero-order chi connectivity index (χ0) is 17.1. The summed E-state index contributed by atoms with van der Waals surface area (Å²) in [5.74, 6) is -0.353. The molecule has 1 N–H and O–H groups in total. The first kappa shape index (κ1) is 18.1. The summed E-state index contributed by atoms with van der Waals surface area (Å²) in [6, 6.07) is 7.45. The summed E-state index contributed by atoms with van der Waals surface area (Å²) in [5.41, 5.74) is 0. The predicted octanol–water partition coefficient (Wildman–Crippen LogP) is 4.60. The second-order valence-electron chi connectivity index (χ2n) is 4.70. The van der Waals surface area contributed by atoms with Gasteiger partial charge in [-0.05, 0) is 57.3 Å². The van der Waals surface area contributed by atoms with E-state index >= 15 is 0 Å². The Kier molecular flexibility index (Phi) is 5.94. The minimum Gasteiger partial charge on any atom is -0.496 e. The van der Waals surface area contributed by atoms with Gasteiger partial charge in [-0.15, -0.1) is 0 Å². The molecule has 0 aromatic heterocycles. The molecule has 0 unspecified atom stereocenters. The maximum atomic E-state index is 12.2. The van der Waals surface area contributed by atoms with Gasteiger partial charge in [-0.25, -0.2) is 0 Å². The van der Waals surface area contributed by atoms with E-state index in [-0.39, 0.29) is 11.8 Å². The number of ether oxygens (including phenoxy) is 1. The van der Waals surface area contributed by atoms with E-state index in [1.165, 1.54) is 7.05 Å². The lowest BCUT2D eigenvalue weighted by atomic mass is 10.1. The van der Waals surface area contributed by atoms with Crippen LogP contribution in [-0.2, 0) is 4.79 Å². The molecule has 0 spiro atoms. The smallest absolute Gasteiger partial charge is 0.323 e. The van der Waals surface area contributed by atoms with Crippen LogP contribution in [0.2, 0.25) is 0 Å². The largest absolute Gasteiger partial charge is 0.496 e. The number of rotatable bonds is 4. The fourth-order valence-electron chi connectivity index (χ4n) is 1.99. The average Bonchev–Trinajstić information content (AvgIpc) is 2.47. The minimum atomic E-state index is -1.05. The molecule has 0 heterocycles. The van der Waals surface area contributed by atoms with E-state index in [4.69, 9.17) is 9.84 Å². The fraction of sp³-hybridized carbons (Fsp3) is 0.200. The molecule has 0 bridgehead atoms. The summed E-state index contributed by atoms with van der Waals surface area (Å²) in [4.78, 5) is 24.8. The summed E-state index contributed by atoms with van der Waals surface area (Å²) < 4.78 is 6.90. The molecule has 122 valence electrons. The molecule has 0 aliphatic heterocycles. The van der Waals surface area contributed by atoms with Crippen LogP contribution in [0.25, 0.3) is 10.8 Å². The van der Waals surface area contributed by atoms with Crippen molar-refractivity contribution in [3.8, 4) is 5.75 Å². The third-order valence-electron chi connectivity index (χ3n) is 3.06. The van der Waals surface area contributed by atoms with Crippen molar-refractivity contribution < 1.29 is 19.4 Å². The highest BCUT2D eigenvalue weighted by Gasteiger charge is 2.17. The molecule has 2 aromatic rings. The molecule has 0 aliphatic carbocycles. The van der Waals surface area contributed by atoms with Crippen LogP contribution in [0.1, 0.15) is 0 Å². The van der Waals surface area contributed by atoms with Crippen LogP contribution >= 0.6 is 43.6 Å². The van der Waals surface area contributed by atoms with Gasteiger partial charge < -0.3 is 14.7 Å². The van der Waals surface area contributed by atoms with Crippen molar-refractivity contribution in [3.05, 3.63) is 33.2 Å². The third kappa shape index (κ3) is 4.19. The number of methoxy groups -OCH3 is 1. The number of carboxylic acids is 1. The molecule has 0 saturated heterocycles. The van der Waals surface area contributed by atoms with E-state index in [9.17, 15) is 9.59 Å². The first-order valence-electron chi connectivity index (χ1n) is 6.44. The van der Waals surface area contributed by atoms with Crippen molar-refractivity contribution in [2.45, 2.75) is 4.90 Å². The van der Waals surface area contributed by atoms with E-state index in [0.29, 0.717) is 5.75 Å². The Morgan fingerprint density at radius 1 is 1.26 bits per heavy atom. The summed E-state index contributed by atoms with van der Waals surface area (Å²) >= 11 is 7.94. The lowest BCUT2D eigenvalue weighted by Gasteiger charge is -2.15. The monoisotopic (exact) mass is 461 g/mol. The molecular weight excluding hydrogens is 450 g/mol. The summed E-state index contributed by atoms with van der Waals surface area (Å²) in [7, 11) is 3.05. The second-order valence-corrected chi connectivity index (χ2v) is 7.40. The number of nitrogens with zero attached hydrogens (tertiary/aromatic N) is 1. The SMILES string of the molecule is COc1ccc2c(SC(=O)N(C)CC(=O)O)cc(Br)cc2c1Br. The number of carbonyl (C=O) groups is 2. The van der Waals surface area contributed by atoms with Crippen molar-refractivity contribution >= 4 is 65.6 Å². The fourth-order valence-corrected chi connectivity index (χ4v) is 4.11. The minimum absolute atomic E-state index is 0.334. The average molecular weight is 463 g/mol. The number of hydrogen-bond donors (Lipinski definition) is 1. The van der Waals surface area contributed by atoms with E-state index in [2.05, 4.69) is 31.9 Å². The Hall–Kier alpha value is -1.25. The lowest BCUT2D eigenvalue weighted by Crippen LogP contribution is -2.28. The molecule has 0 radical (unpaired) electrons. The first-order valence-corrected chi connectivity index (χ1v) is 8.84. The van der Waals surface area contributed by atoms with Gasteiger partial charge in [-0.2, -0.15) is 0 Å². The molecule has 23 heavy (non-hydrogen) atoms. The molecule has 1 amide bonds. The zero-order valence-electron chi connectivity index (χ0n) is 12.3. The van der Waals surface area contributed by atoms with E-state index < -0.39 is 5.97 Å². The highest BCUT2D eigenvalue weighted by molar-refractivity contribution is 9.11. The van der Waals surface area contributed by atoms with Gasteiger partial charge in [0.05, 0.1) is 11.6 Å². The zero-order valence-corrected chi connectivity index (χ0v) is 16.3. The molecule has 0 aliphatic rings. The van der Waals surface area contributed by atoms with Gasteiger partial charge in [0.15, 0.2) is 0 Å². The van der Waals surface area contributed by atoms with Crippen molar-refractivity contribution in [1.82, 2.24) is 4.90 Å². The molecule has 0 atom stereocenters. The van der Waals surface area contributed by atoms with Gasteiger partial charge in [0.2, 0.25) is 0 Å². The number of aliphatic carboxylic acids is 1. The summed E-state index contributed by atoms with van der Waals surface area (Å²) in [6.07, 6.45) is 0. The molecular formula is C15H13Br2NO4S. The number of halogens is 2. The van der Waals surface area contributed by atoms with Crippen LogP contribution in [0.5, 0.6) is 5.75 Å². The Labute approximate surface area is 154 Å². The Morgan fingerprint density at radius 2 is 1.96 bits per heavy atom. The topological polar surface area (TPSA) is 66.8 Å². The maximum absolute atomic E-state index is 12.2. The van der Waals surface area contributed by atoms with Crippen molar-refractivity contribution in [2.75, 3.05) is 20.7 Å². The molecule has 2 aromatic carbocycles. The number of hydrogen-bond acceptors (Lipinski definition) is 4. The van der Waals surface area contributed by atoms with Gasteiger partial charge in [0, 0.05) is 21.8 Å². The Bertz CT molecular complexity index is 782. The number of thioether (sulfide) groups is 1. The second kappa shape index (κ2) is 7.55. The maximum Gasteiger partial charge on any atom is 0.323 e. The van der Waals surface area contributed by atoms with E-state index in [0.717, 1.165) is 41.3 Å². The van der Waals surface area contributed by atoms with Crippen molar-refractivity contribution in [3.63, 3.8) is 0 Å². The molecule has 0 saturated carbocycles. The quantitative estimate of drug-likeness (QED) is 0.672. The predicted molar refractivity (Wildman–Crippen MR) is 97.4 cm³/mol. The van der Waals surface area contributed by atoms with Gasteiger partial charge in [0.25, 0.3) is 5.24 Å². The number of amides is 1. The number of benzene rings is 2. The van der Waals surface area contributed by atoms with Gasteiger partial charge in [-0.1, -0.05) is 15.9 Å². The van der Waals surface area contributed by atoms with E-state index in [1.54, 1.807) is 7.11 Å². The number of carboxylic acid groups (broad SMARTS) is 1. The molecule has 8 heteroatoms.